The number of carbonyl (C=O) groups excluding carboxylic acids is 1. The van der Waals surface area contributed by atoms with Crippen LogP contribution in [-0.4, -0.2) is 45.9 Å². The second kappa shape index (κ2) is 6.91. The topological polar surface area (TPSA) is 108 Å². The Hall–Kier alpha value is -2.32. The third-order valence-corrected chi connectivity index (χ3v) is 3.04. The molecule has 0 spiro atoms. The Morgan fingerprint density at radius 2 is 2.33 bits per heavy atom. The molecule has 3 N–H and O–H groups in total. The van der Waals surface area contributed by atoms with Gasteiger partial charge in [-0.3, -0.25) is 4.79 Å². The molecule has 21 heavy (non-hydrogen) atoms. The Morgan fingerprint density at radius 3 is 3.00 bits per heavy atom. The fourth-order valence-electron chi connectivity index (χ4n) is 1.82. The first-order valence-electron chi connectivity index (χ1n) is 6.51. The summed E-state index contributed by atoms with van der Waals surface area (Å²) in [4.78, 5) is 12.0. The van der Waals surface area contributed by atoms with E-state index >= 15 is 0 Å². The predicted octanol–water partition coefficient (Wildman–Crippen LogP) is 0.273. The van der Waals surface area contributed by atoms with Crippen LogP contribution >= 0.6 is 0 Å². The fourth-order valence-corrected chi connectivity index (χ4v) is 1.82. The number of amides is 1. The van der Waals surface area contributed by atoms with Gasteiger partial charge in [0.25, 0.3) is 0 Å². The Bertz CT molecular complexity index is 599. The van der Waals surface area contributed by atoms with Crippen molar-refractivity contribution in [2.75, 3.05) is 19.0 Å². The van der Waals surface area contributed by atoms with Gasteiger partial charge >= 0.3 is 0 Å². The van der Waals surface area contributed by atoms with E-state index in [1.807, 2.05) is 19.1 Å². The summed E-state index contributed by atoms with van der Waals surface area (Å²) in [5.41, 5.74) is 8.21. The quantitative estimate of drug-likeness (QED) is 0.790. The van der Waals surface area contributed by atoms with Crippen LogP contribution in [0.2, 0.25) is 0 Å². The zero-order valence-corrected chi connectivity index (χ0v) is 12.0. The molecule has 1 unspecified atom stereocenters. The molecule has 2 aromatic rings. The van der Waals surface area contributed by atoms with E-state index in [9.17, 15) is 4.79 Å². The van der Waals surface area contributed by atoms with Gasteiger partial charge in [0.1, 0.15) is 6.33 Å². The van der Waals surface area contributed by atoms with Crippen LogP contribution in [0, 0.1) is 6.92 Å². The molecule has 1 aromatic heterocycles. The summed E-state index contributed by atoms with van der Waals surface area (Å²) in [5, 5.41) is 13.8. The number of ether oxygens (including phenoxy) is 1. The molecule has 0 aliphatic carbocycles. The number of nitrogens with two attached hydrogens (primary N) is 1. The van der Waals surface area contributed by atoms with E-state index in [2.05, 4.69) is 20.8 Å². The standard InChI is InChI=1S/C13H18N6O2/c1-9-3-4-10(7-12(9)19-8-15-17-18-19)16-13(20)11(14)5-6-21-2/h3-4,7-8,11H,5-6,14H2,1-2H3,(H,16,20). The van der Waals surface area contributed by atoms with Gasteiger partial charge in [-0.05, 0) is 41.5 Å². The molecular weight excluding hydrogens is 272 g/mol. The molecule has 0 bridgehead atoms. The Morgan fingerprint density at radius 1 is 1.52 bits per heavy atom. The SMILES string of the molecule is COCCC(N)C(=O)Nc1ccc(C)c(-n2cnnn2)c1. The number of carbonyl (C=O) groups is 1. The van der Waals surface area contributed by atoms with Gasteiger partial charge in [0.05, 0.1) is 11.7 Å². The molecule has 1 amide bonds. The maximum absolute atomic E-state index is 12.0. The molecule has 1 aromatic carbocycles. The predicted molar refractivity (Wildman–Crippen MR) is 77.0 cm³/mol. The number of methoxy groups -OCH3 is 1. The van der Waals surface area contributed by atoms with Crippen molar-refractivity contribution in [2.45, 2.75) is 19.4 Å². The van der Waals surface area contributed by atoms with Gasteiger partial charge < -0.3 is 15.8 Å². The maximum Gasteiger partial charge on any atom is 0.241 e. The molecule has 2 rings (SSSR count). The Balaban J connectivity index is 2.11. The van der Waals surface area contributed by atoms with Crippen molar-refractivity contribution >= 4 is 11.6 Å². The molecule has 1 atom stereocenters. The lowest BCUT2D eigenvalue weighted by Crippen LogP contribution is -2.36. The number of nitrogens with zero attached hydrogens (tertiary/aromatic N) is 4. The molecule has 0 saturated heterocycles. The van der Waals surface area contributed by atoms with Gasteiger partial charge in [0.15, 0.2) is 0 Å². The summed E-state index contributed by atoms with van der Waals surface area (Å²) in [5.74, 6) is -0.251. The van der Waals surface area contributed by atoms with Crippen LogP contribution in [0.25, 0.3) is 5.69 Å². The number of nitrogens with one attached hydrogen (secondary N) is 1. The lowest BCUT2D eigenvalue weighted by atomic mass is 10.1. The summed E-state index contributed by atoms with van der Waals surface area (Å²) in [7, 11) is 1.57. The zero-order chi connectivity index (χ0) is 15.2. The summed E-state index contributed by atoms with van der Waals surface area (Å²) in [6.45, 7) is 2.38. The summed E-state index contributed by atoms with van der Waals surface area (Å²) in [6, 6.07) is 4.88. The molecule has 8 heteroatoms. The van der Waals surface area contributed by atoms with Crippen LogP contribution in [0.4, 0.5) is 5.69 Å². The number of hydrogen-bond acceptors (Lipinski definition) is 6. The number of aromatic nitrogens is 4. The molecule has 0 saturated carbocycles. The smallest absolute Gasteiger partial charge is 0.241 e. The van der Waals surface area contributed by atoms with E-state index in [4.69, 9.17) is 10.5 Å². The van der Waals surface area contributed by atoms with Crippen molar-refractivity contribution in [3.8, 4) is 5.69 Å². The second-order valence-electron chi connectivity index (χ2n) is 4.63. The van der Waals surface area contributed by atoms with Crippen LogP contribution in [0.5, 0.6) is 0 Å². The summed E-state index contributed by atoms with van der Waals surface area (Å²) < 4.78 is 6.45. The average Bonchev–Trinajstić information content (AvgIpc) is 3.00. The van der Waals surface area contributed by atoms with Gasteiger partial charge in [-0.15, -0.1) is 5.10 Å². The van der Waals surface area contributed by atoms with E-state index < -0.39 is 6.04 Å². The molecule has 0 radical (unpaired) electrons. The first kappa shape index (κ1) is 15.1. The van der Waals surface area contributed by atoms with E-state index in [1.54, 1.807) is 13.2 Å². The normalized spacial score (nSPS) is 12.1. The molecule has 1 heterocycles. The highest BCUT2D eigenvalue weighted by atomic mass is 16.5. The van der Waals surface area contributed by atoms with Crippen LogP contribution in [0.1, 0.15) is 12.0 Å². The second-order valence-corrected chi connectivity index (χ2v) is 4.63. The Labute approximate surface area is 122 Å². The van der Waals surface area contributed by atoms with Crippen molar-refractivity contribution in [3.63, 3.8) is 0 Å². The molecule has 0 aliphatic heterocycles. The van der Waals surface area contributed by atoms with E-state index in [0.717, 1.165) is 11.3 Å². The van der Waals surface area contributed by atoms with Gasteiger partial charge in [-0.25, -0.2) is 4.68 Å². The minimum absolute atomic E-state index is 0.251. The zero-order valence-electron chi connectivity index (χ0n) is 12.0. The number of hydrogen-bond donors (Lipinski definition) is 2. The first-order chi connectivity index (χ1) is 10.1. The van der Waals surface area contributed by atoms with Crippen molar-refractivity contribution in [3.05, 3.63) is 30.1 Å². The largest absolute Gasteiger partial charge is 0.385 e. The van der Waals surface area contributed by atoms with E-state index in [1.165, 1.54) is 11.0 Å². The molecule has 112 valence electrons. The van der Waals surface area contributed by atoms with Crippen LogP contribution in [0.15, 0.2) is 24.5 Å². The van der Waals surface area contributed by atoms with Crippen LogP contribution < -0.4 is 11.1 Å². The third kappa shape index (κ3) is 3.83. The number of tetrazole rings is 1. The minimum Gasteiger partial charge on any atom is -0.385 e. The summed E-state index contributed by atoms with van der Waals surface area (Å²) >= 11 is 0. The highest BCUT2D eigenvalue weighted by Crippen LogP contribution is 2.18. The highest BCUT2D eigenvalue weighted by Gasteiger charge is 2.14. The van der Waals surface area contributed by atoms with Crippen LogP contribution in [-0.2, 0) is 9.53 Å². The number of aryl methyl sites for hydroxylation is 1. The molecule has 0 aliphatic rings. The van der Waals surface area contributed by atoms with Crippen molar-refractivity contribution in [1.29, 1.82) is 0 Å². The average molecular weight is 290 g/mol. The van der Waals surface area contributed by atoms with Gasteiger partial charge in [-0.2, -0.15) is 0 Å². The van der Waals surface area contributed by atoms with E-state index in [-0.39, 0.29) is 5.91 Å². The van der Waals surface area contributed by atoms with Crippen molar-refractivity contribution in [2.24, 2.45) is 5.73 Å². The fraction of sp³-hybridized carbons (Fsp3) is 0.385. The molecule has 8 nitrogen and oxygen atoms in total. The molecular formula is C13H18N6O2. The monoisotopic (exact) mass is 290 g/mol. The first-order valence-corrected chi connectivity index (χ1v) is 6.51. The van der Waals surface area contributed by atoms with E-state index in [0.29, 0.717) is 18.7 Å². The van der Waals surface area contributed by atoms with Gasteiger partial charge in [0, 0.05) is 19.4 Å². The van der Waals surface area contributed by atoms with Gasteiger partial charge in [-0.1, -0.05) is 6.07 Å². The Kier molecular flexibility index (Phi) is 4.96. The summed E-state index contributed by atoms with van der Waals surface area (Å²) in [6.07, 6.45) is 1.96. The lowest BCUT2D eigenvalue weighted by Gasteiger charge is -2.13. The van der Waals surface area contributed by atoms with Crippen molar-refractivity contribution in [1.82, 2.24) is 20.2 Å². The van der Waals surface area contributed by atoms with Crippen LogP contribution in [0.3, 0.4) is 0 Å². The lowest BCUT2D eigenvalue weighted by molar-refractivity contribution is -0.117. The van der Waals surface area contributed by atoms with Gasteiger partial charge in [0.2, 0.25) is 5.91 Å². The third-order valence-electron chi connectivity index (χ3n) is 3.04. The maximum atomic E-state index is 12.0. The van der Waals surface area contributed by atoms with Crippen molar-refractivity contribution < 1.29 is 9.53 Å². The number of anilines is 1. The molecule has 0 fully saturated rings. The minimum atomic E-state index is -0.609. The highest BCUT2D eigenvalue weighted by molar-refractivity contribution is 5.94. The number of benzene rings is 1. The number of rotatable bonds is 6.